The van der Waals surface area contributed by atoms with Gasteiger partial charge in [0.1, 0.15) is 0 Å². The first kappa shape index (κ1) is 18.2. The molecule has 8 heteroatoms. The molecule has 4 rings (SSSR count). The van der Waals surface area contributed by atoms with Gasteiger partial charge in [0.15, 0.2) is 22.5 Å². The minimum atomic E-state index is 0.183. The van der Waals surface area contributed by atoms with Gasteiger partial charge in [-0.1, -0.05) is 11.8 Å². The van der Waals surface area contributed by atoms with Crippen LogP contribution in [0.15, 0.2) is 23.4 Å². The van der Waals surface area contributed by atoms with E-state index in [4.69, 9.17) is 9.47 Å². The van der Waals surface area contributed by atoms with Crippen molar-refractivity contribution in [2.24, 2.45) is 0 Å². The molecule has 2 aliphatic rings. The Morgan fingerprint density at radius 2 is 2.11 bits per heavy atom. The van der Waals surface area contributed by atoms with Crippen LogP contribution in [0.5, 0.6) is 11.5 Å². The average Bonchev–Trinajstić information content (AvgIpc) is 3.32. The summed E-state index contributed by atoms with van der Waals surface area (Å²) in [6.07, 6.45) is 3.40. The van der Waals surface area contributed by atoms with Crippen LogP contribution in [0.4, 0.5) is 0 Å². The second kappa shape index (κ2) is 7.80. The van der Waals surface area contributed by atoms with Gasteiger partial charge in [0.25, 0.3) is 0 Å². The molecule has 1 atom stereocenters. The molecule has 1 aromatic carbocycles. The van der Waals surface area contributed by atoms with E-state index in [0.717, 1.165) is 54.0 Å². The number of rotatable bonds is 5. The van der Waals surface area contributed by atoms with Crippen molar-refractivity contribution in [1.29, 1.82) is 0 Å². The summed E-state index contributed by atoms with van der Waals surface area (Å²) in [6, 6.07) is 6.10. The molecule has 0 spiro atoms. The molecule has 0 N–H and O–H groups in total. The monoisotopic (exact) mass is 388 g/mol. The topological polar surface area (TPSA) is 69.5 Å². The number of nitrogens with zero attached hydrogens (tertiary/aromatic N) is 4. The highest BCUT2D eigenvalue weighted by Crippen LogP contribution is 2.36. The molecular formula is C19H24N4O3S. The lowest BCUT2D eigenvalue weighted by Gasteiger charge is -2.33. The highest BCUT2D eigenvalue weighted by molar-refractivity contribution is 7.99. The summed E-state index contributed by atoms with van der Waals surface area (Å²) in [5.74, 6) is 2.82. The highest BCUT2D eigenvalue weighted by Gasteiger charge is 2.24. The molecule has 1 saturated heterocycles. The number of likely N-dealkylation sites (tertiary alicyclic amines) is 1. The van der Waals surface area contributed by atoms with Crippen LogP contribution < -0.4 is 9.47 Å². The second-order valence-electron chi connectivity index (χ2n) is 6.84. The van der Waals surface area contributed by atoms with Gasteiger partial charge in [-0.3, -0.25) is 4.79 Å². The molecule has 1 amide bonds. The van der Waals surface area contributed by atoms with Crippen LogP contribution in [-0.2, 0) is 11.3 Å². The summed E-state index contributed by atoms with van der Waals surface area (Å²) in [4.78, 5) is 14.6. The van der Waals surface area contributed by atoms with Gasteiger partial charge in [-0.25, -0.2) is 0 Å². The van der Waals surface area contributed by atoms with Crippen molar-refractivity contribution >= 4 is 17.7 Å². The molecule has 144 valence electrons. The van der Waals surface area contributed by atoms with Gasteiger partial charge in [0.2, 0.25) is 12.7 Å². The fourth-order valence-corrected chi connectivity index (χ4v) is 4.50. The van der Waals surface area contributed by atoms with Crippen molar-refractivity contribution in [2.75, 3.05) is 19.1 Å². The molecule has 0 bridgehead atoms. The van der Waals surface area contributed by atoms with E-state index in [2.05, 4.69) is 24.0 Å². The number of amides is 1. The summed E-state index contributed by atoms with van der Waals surface area (Å²) in [5.41, 5.74) is 0.927. The van der Waals surface area contributed by atoms with E-state index in [1.807, 2.05) is 27.7 Å². The molecular weight excluding hydrogens is 364 g/mol. The summed E-state index contributed by atoms with van der Waals surface area (Å²) in [6.45, 7) is 6.03. The first-order chi connectivity index (χ1) is 13.2. The van der Waals surface area contributed by atoms with E-state index in [1.165, 1.54) is 18.2 Å². The van der Waals surface area contributed by atoms with Crippen LogP contribution >= 0.6 is 11.8 Å². The molecule has 1 aromatic heterocycles. The predicted octanol–water partition coefficient (Wildman–Crippen LogP) is 3.19. The summed E-state index contributed by atoms with van der Waals surface area (Å²) in [7, 11) is 0. The first-order valence-corrected chi connectivity index (χ1v) is 10.4. The number of hydrogen-bond donors (Lipinski definition) is 0. The third kappa shape index (κ3) is 3.63. The molecule has 0 aliphatic carbocycles. The lowest BCUT2D eigenvalue weighted by atomic mass is 10.0. The van der Waals surface area contributed by atoms with E-state index in [1.54, 1.807) is 0 Å². The SMILES string of the molecule is CCn1c(SCC(=O)N2CCCCC2C)nnc1-c1ccc2c(c1)OCO2. The van der Waals surface area contributed by atoms with Gasteiger partial charge >= 0.3 is 0 Å². The number of fused-ring (bicyclic) bond motifs is 1. The quantitative estimate of drug-likeness (QED) is 0.733. The maximum Gasteiger partial charge on any atom is 0.233 e. The Morgan fingerprint density at radius 3 is 2.93 bits per heavy atom. The molecule has 0 saturated carbocycles. The highest BCUT2D eigenvalue weighted by atomic mass is 32.2. The molecule has 1 unspecified atom stereocenters. The minimum absolute atomic E-state index is 0.183. The molecule has 3 heterocycles. The van der Waals surface area contributed by atoms with Crippen LogP contribution in [0.1, 0.15) is 33.1 Å². The Kier molecular flexibility index (Phi) is 5.24. The van der Waals surface area contributed by atoms with Crippen LogP contribution in [0.3, 0.4) is 0 Å². The fraction of sp³-hybridized carbons (Fsp3) is 0.526. The minimum Gasteiger partial charge on any atom is -0.454 e. The van der Waals surface area contributed by atoms with Crippen LogP contribution in [-0.4, -0.2) is 50.7 Å². The normalized spacial score (nSPS) is 18.7. The van der Waals surface area contributed by atoms with Crippen LogP contribution in [0, 0.1) is 0 Å². The standard InChI is InChI=1S/C19H24N4O3S/c1-3-22-18(14-7-8-15-16(10-14)26-12-25-15)20-21-19(22)27-11-17(24)23-9-5-4-6-13(23)2/h7-8,10,13H,3-6,9,11-12H2,1-2H3. The van der Waals surface area contributed by atoms with E-state index in [0.29, 0.717) is 11.8 Å². The lowest BCUT2D eigenvalue weighted by molar-refractivity contribution is -0.131. The molecule has 0 radical (unpaired) electrons. The summed E-state index contributed by atoms with van der Waals surface area (Å²) in [5, 5.41) is 9.45. The maximum atomic E-state index is 12.6. The molecule has 2 aromatic rings. The Bertz CT molecular complexity index is 838. The van der Waals surface area contributed by atoms with Gasteiger partial charge in [-0.05, 0) is 51.3 Å². The van der Waals surface area contributed by atoms with Gasteiger partial charge < -0.3 is 18.9 Å². The fourth-order valence-electron chi connectivity index (χ4n) is 3.61. The van der Waals surface area contributed by atoms with Gasteiger partial charge in [0, 0.05) is 24.7 Å². The summed E-state index contributed by atoms with van der Waals surface area (Å²) >= 11 is 1.46. The maximum absolute atomic E-state index is 12.6. The largest absolute Gasteiger partial charge is 0.454 e. The number of thioether (sulfide) groups is 1. The van der Waals surface area contributed by atoms with Gasteiger partial charge in [-0.2, -0.15) is 0 Å². The smallest absolute Gasteiger partial charge is 0.233 e. The van der Waals surface area contributed by atoms with E-state index in [-0.39, 0.29) is 12.7 Å². The van der Waals surface area contributed by atoms with Gasteiger partial charge in [0.05, 0.1) is 5.75 Å². The predicted molar refractivity (Wildman–Crippen MR) is 103 cm³/mol. The number of ether oxygens (including phenoxy) is 2. The van der Waals surface area contributed by atoms with E-state index >= 15 is 0 Å². The van der Waals surface area contributed by atoms with Crippen molar-refractivity contribution < 1.29 is 14.3 Å². The number of piperidine rings is 1. The third-order valence-electron chi connectivity index (χ3n) is 5.11. The summed E-state index contributed by atoms with van der Waals surface area (Å²) < 4.78 is 12.9. The zero-order chi connectivity index (χ0) is 18.8. The molecule has 7 nitrogen and oxygen atoms in total. The Hall–Kier alpha value is -2.22. The first-order valence-electron chi connectivity index (χ1n) is 9.43. The number of hydrogen-bond acceptors (Lipinski definition) is 6. The van der Waals surface area contributed by atoms with Crippen LogP contribution in [0.2, 0.25) is 0 Å². The number of aromatic nitrogens is 3. The average molecular weight is 388 g/mol. The van der Waals surface area contributed by atoms with Gasteiger partial charge in [-0.15, -0.1) is 10.2 Å². The zero-order valence-electron chi connectivity index (χ0n) is 15.7. The third-order valence-corrected chi connectivity index (χ3v) is 6.06. The molecule has 27 heavy (non-hydrogen) atoms. The van der Waals surface area contributed by atoms with Crippen molar-refractivity contribution in [3.63, 3.8) is 0 Å². The van der Waals surface area contributed by atoms with Crippen LogP contribution in [0.25, 0.3) is 11.4 Å². The number of carbonyl (C=O) groups is 1. The van der Waals surface area contributed by atoms with E-state index < -0.39 is 0 Å². The Labute approximate surface area is 163 Å². The Morgan fingerprint density at radius 1 is 1.26 bits per heavy atom. The number of carbonyl (C=O) groups excluding carboxylic acids is 1. The molecule has 1 fully saturated rings. The molecule has 2 aliphatic heterocycles. The van der Waals surface area contributed by atoms with Crippen molar-refractivity contribution in [2.45, 2.75) is 50.9 Å². The number of benzene rings is 1. The van der Waals surface area contributed by atoms with E-state index in [9.17, 15) is 4.79 Å². The second-order valence-corrected chi connectivity index (χ2v) is 7.78. The van der Waals surface area contributed by atoms with Crippen molar-refractivity contribution in [3.8, 4) is 22.9 Å². The lowest BCUT2D eigenvalue weighted by Crippen LogP contribution is -2.43. The Balaban J connectivity index is 1.49. The zero-order valence-corrected chi connectivity index (χ0v) is 16.5. The van der Waals surface area contributed by atoms with Crippen molar-refractivity contribution in [1.82, 2.24) is 19.7 Å². The van der Waals surface area contributed by atoms with Crippen molar-refractivity contribution in [3.05, 3.63) is 18.2 Å².